The lowest BCUT2D eigenvalue weighted by molar-refractivity contribution is -0.113. The van der Waals surface area contributed by atoms with Crippen LogP contribution in [-0.2, 0) is 4.79 Å². The summed E-state index contributed by atoms with van der Waals surface area (Å²) >= 11 is 5.95. The number of nitrogens with zero attached hydrogens (tertiary/aromatic N) is 2. The van der Waals surface area contributed by atoms with E-state index < -0.39 is 0 Å². The molecule has 3 nitrogen and oxygen atoms in total. The van der Waals surface area contributed by atoms with Crippen LogP contribution in [0.25, 0.3) is 6.08 Å². The van der Waals surface area contributed by atoms with Crippen LogP contribution in [0.1, 0.15) is 16.7 Å². The molecule has 4 heteroatoms. The molecule has 1 heterocycles. The molecule has 0 saturated carbocycles. The molecule has 0 saturated heterocycles. The first-order valence-electron chi connectivity index (χ1n) is 8.64. The van der Waals surface area contributed by atoms with Crippen molar-refractivity contribution in [2.24, 2.45) is 4.99 Å². The van der Waals surface area contributed by atoms with Gasteiger partial charge in [0.2, 0.25) is 0 Å². The second-order valence-corrected chi connectivity index (χ2v) is 6.80. The molecule has 3 aromatic carbocycles. The Kier molecular flexibility index (Phi) is 4.61. The number of carbonyl (C=O) groups is 1. The standard InChI is InChI=1S/C23H17ClN2O/c1-16-7-11-18(12-8-16)22-25-21(15-17-9-13-19(24)14-10-17)23(27)26(22)20-5-3-2-4-6-20/h2-15H,1H3/b21-15+. The number of hydrogen-bond donors (Lipinski definition) is 0. The van der Waals surface area contributed by atoms with Gasteiger partial charge in [-0.1, -0.05) is 71.8 Å². The van der Waals surface area contributed by atoms with Gasteiger partial charge < -0.3 is 0 Å². The molecule has 1 amide bonds. The maximum atomic E-state index is 13.1. The average molecular weight is 373 g/mol. The molecule has 1 aliphatic heterocycles. The van der Waals surface area contributed by atoms with Crippen LogP contribution in [0.5, 0.6) is 0 Å². The maximum absolute atomic E-state index is 13.1. The topological polar surface area (TPSA) is 32.7 Å². The summed E-state index contributed by atoms with van der Waals surface area (Å²) in [6.45, 7) is 2.03. The molecule has 4 rings (SSSR count). The van der Waals surface area contributed by atoms with Crippen LogP contribution in [0.3, 0.4) is 0 Å². The molecule has 0 spiro atoms. The summed E-state index contributed by atoms with van der Waals surface area (Å²) < 4.78 is 0. The molecule has 27 heavy (non-hydrogen) atoms. The summed E-state index contributed by atoms with van der Waals surface area (Å²) in [5.74, 6) is 0.484. The van der Waals surface area contributed by atoms with E-state index in [-0.39, 0.29) is 5.91 Å². The van der Waals surface area contributed by atoms with Crippen LogP contribution in [0.15, 0.2) is 89.6 Å². The molecule has 0 unspecified atom stereocenters. The lowest BCUT2D eigenvalue weighted by Gasteiger charge is -2.18. The number of para-hydroxylation sites is 1. The molecule has 1 aliphatic rings. The van der Waals surface area contributed by atoms with Gasteiger partial charge in [0.15, 0.2) is 0 Å². The summed E-state index contributed by atoms with van der Waals surface area (Å²) in [5, 5.41) is 0.657. The fourth-order valence-electron chi connectivity index (χ4n) is 2.95. The lowest BCUT2D eigenvalue weighted by Crippen LogP contribution is -2.32. The van der Waals surface area contributed by atoms with Gasteiger partial charge in [0, 0.05) is 10.6 Å². The monoisotopic (exact) mass is 372 g/mol. The molecule has 0 bridgehead atoms. The van der Waals surface area contributed by atoms with E-state index in [1.807, 2.05) is 73.7 Å². The SMILES string of the molecule is Cc1ccc(C2=N/C(=C/c3ccc(Cl)cc3)C(=O)N2c2ccccc2)cc1. The normalized spacial score (nSPS) is 15.3. The Labute approximate surface area is 163 Å². The zero-order chi connectivity index (χ0) is 18.8. The Morgan fingerprint density at radius 2 is 1.56 bits per heavy atom. The van der Waals surface area contributed by atoms with Crippen LogP contribution < -0.4 is 4.90 Å². The van der Waals surface area contributed by atoms with Crippen LogP contribution in [0.2, 0.25) is 5.02 Å². The molecule has 3 aromatic rings. The van der Waals surface area contributed by atoms with Crippen LogP contribution in [0.4, 0.5) is 5.69 Å². The number of halogens is 1. The van der Waals surface area contributed by atoms with E-state index in [2.05, 4.69) is 4.99 Å². The van der Waals surface area contributed by atoms with Crippen LogP contribution in [0, 0.1) is 6.92 Å². The molecule has 0 radical (unpaired) electrons. The quantitative estimate of drug-likeness (QED) is 0.560. The Morgan fingerprint density at radius 3 is 2.22 bits per heavy atom. The zero-order valence-electron chi connectivity index (χ0n) is 14.8. The van der Waals surface area contributed by atoms with Crippen molar-refractivity contribution >= 4 is 35.1 Å². The number of hydrogen-bond acceptors (Lipinski definition) is 2. The van der Waals surface area contributed by atoms with Crippen LogP contribution >= 0.6 is 11.6 Å². The first-order valence-corrected chi connectivity index (χ1v) is 9.02. The third-order valence-electron chi connectivity index (χ3n) is 4.36. The Bertz CT molecular complexity index is 1040. The van der Waals surface area contributed by atoms with Gasteiger partial charge in [-0.25, -0.2) is 4.99 Å². The number of carbonyl (C=O) groups excluding carboxylic acids is 1. The fourth-order valence-corrected chi connectivity index (χ4v) is 3.07. The maximum Gasteiger partial charge on any atom is 0.282 e. The van der Waals surface area contributed by atoms with E-state index in [0.717, 1.165) is 22.4 Å². The highest BCUT2D eigenvalue weighted by Gasteiger charge is 2.32. The minimum absolute atomic E-state index is 0.147. The van der Waals surface area contributed by atoms with Crippen molar-refractivity contribution in [2.75, 3.05) is 4.90 Å². The second kappa shape index (κ2) is 7.22. The smallest absolute Gasteiger partial charge is 0.266 e. The molecule has 132 valence electrons. The van der Waals surface area contributed by atoms with Crippen molar-refractivity contribution < 1.29 is 4.79 Å². The minimum atomic E-state index is -0.147. The summed E-state index contributed by atoms with van der Waals surface area (Å²) in [7, 11) is 0. The molecular formula is C23H17ClN2O. The minimum Gasteiger partial charge on any atom is -0.266 e. The number of amidine groups is 1. The Balaban J connectivity index is 1.81. The highest BCUT2D eigenvalue weighted by Crippen LogP contribution is 2.28. The predicted molar refractivity (Wildman–Crippen MR) is 111 cm³/mol. The van der Waals surface area contributed by atoms with Crippen molar-refractivity contribution in [1.29, 1.82) is 0 Å². The Hall–Kier alpha value is -3.17. The summed E-state index contributed by atoms with van der Waals surface area (Å²) in [6.07, 6.45) is 1.79. The Morgan fingerprint density at radius 1 is 0.889 bits per heavy atom. The zero-order valence-corrected chi connectivity index (χ0v) is 15.5. The molecule has 0 fully saturated rings. The second-order valence-electron chi connectivity index (χ2n) is 6.36. The van der Waals surface area contributed by atoms with Gasteiger partial charge in [0.05, 0.1) is 5.69 Å². The fraction of sp³-hybridized carbons (Fsp3) is 0.0435. The van der Waals surface area contributed by atoms with E-state index in [1.54, 1.807) is 23.1 Å². The van der Waals surface area contributed by atoms with Gasteiger partial charge in [-0.15, -0.1) is 0 Å². The average Bonchev–Trinajstić information content (AvgIpc) is 3.01. The largest absolute Gasteiger partial charge is 0.282 e. The lowest BCUT2D eigenvalue weighted by atomic mass is 10.1. The van der Waals surface area contributed by atoms with Gasteiger partial charge in [0.25, 0.3) is 5.91 Å². The van der Waals surface area contributed by atoms with E-state index in [0.29, 0.717) is 16.6 Å². The van der Waals surface area contributed by atoms with Crippen molar-refractivity contribution in [1.82, 2.24) is 0 Å². The third-order valence-corrected chi connectivity index (χ3v) is 4.61. The summed E-state index contributed by atoms with van der Waals surface area (Å²) in [4.78, 5) is 19.5. The molecule has 0 aliphatic carbocycles. The van der Waals surface area contributed by atoms with Crippen molar-refractivity contribution in [3.05, 3.63) is 106 Å². The summed E-state index contributed by atoms with van der Waals surface area (Å²) in [5.41, 5.74) is 4.13. The van der Waals surface area contributed by atoms with Gasteiger partial charge in [-0.3, -0.25) is 9.69 Å². The molecule has 0 N–H and O–H groups in total. The predicted octanol–water partition coefficient (Wildman–Crippen LogP) is 5.48. The first kappa shape index (κ1) is 17.3. The highest BCUT2D eigenvalue weighted by molar-refractivity contribution is 6.33. The van der Waals surface area contributed by atoms with Crippen molar-refractivity contribution in [2.45, 2.75) is 6.92 Å². The van der Waals surface area contributed by atoms with E-state index >= 15 is 0 Å². The highest BCUT2D eigenvalue weighted by atomic mass is 35.5. The number of rotatable bonds is 3. The van der Waals surface area contributed by atoms with Crippen molar-refractivity contribution in [3.63, 3.8) is 0 Å². The molecular weight excluding hydrogens is 356 g/mol. The first-order chi connectivity index (χ1) is 13.1. The van der Waals surface area contributed by atoms with E-state index in [4.69, 9.17) is 11.6 Å². The van der Waals surface area contributed by atoms with Gasteiger partial charge in [0.1, 0.15) is 11.5 Å². The van der Waals surface area contributed by atoms with Crippen LogP contribution in [-0.4, -0.2) is 11.7 Å². The van der Waals surface area contributed by atoms with Crippen molar-refractivity contribution in [3.8, 4) is 0 Å². The number of benzene rings is 3. The van der Waals surface area contributed by atoms with Gasteiger partial charge in [-0.05, 0) is 42.8 Å². The van der Waals surface area contributed by atoms with E-state index in [1.165, 1.54) is 0 Å². The molecule has 0 aromatic heterocycles. The number of anilines is 1. The third kappa shape index (κ3) is 3.55. The molecule has 0 atom stereocenters. The number of aryl methyl sites for hydroxylation is 1. The summed E-state index contributed by atoms with van der Waals surface area (Å²) in [6, 6.07) is 24.9. The van der Waals surface area contributed by atoms with Gasteiger partial charge >= 0.3 is 0 Å². The number of amides is 1. The number of aliphatic imine (C=N–C) groups is 1. The van der Waals surface area contributed by atoms with Gasteiger partial charge in [-0.2, -0.15) is 0 Å². The van der Waals surface area contributed by atoms with E-state index in [9.17, 15) is 4.79 Å².